The van der Waals surface area contributed by atoms with E-state index in [1.54, 1.807) is 18.2 Å². The van der Waals surface area contributed by atoms with Crippen LogP contribution in [-0.2, 0) is 0 Å². The molecule has 1 aromatic carbocycles. The highest BCUT2D eigenvalue weighted by Crippen LogP contribution is 2.29. The molecule has 4 heteroatoms. The third-order valence-electron chi connectivity index (χ3n) is 1.97. The molecule has 14 heavy (non-hydrogen) atoms. The Morgan fingerprint density at radius 1 is 1.29 bits per heavy atom. The molecule has 1 heterocycles. The molecule has 1 aliphatic heterocycles. The second-order valence-corrected chi connectivity index (χ2v) is 3.10. The summed E-state index contributed by atoms with van der Waals surface area (Å²) in [6.07, 6.45) is 0.118. The number of hydrogen-bond donors (Lipinski definition) is 1. The fraction of sp³-hybridized carbons (Fsp3) is 0.300. The molecule has 0 saturated carbocycles. The zero-order valence-corrected chi connectivity index (χ0v) is 7.47. The minimum absolute atomic E-state index is 0.190. The second kappa shape index (κ2) is 3.67. The number of rotatable bonds is 1. The first kappa shape index (κ1) is 9.02. The SMILES string of the molecule is O=Cc1ccc2c(c1)OC[C@H](O)CO2. The first-order chi connectivity index (χ1) is 6.79. The van der Waals surface area contributed by atoms with Crippen LogP contribution in [-0.4, -0.2) is 30.7 Å². The van der Waals surface area contributed by atoms with Crippen molar-refractivity contribution in [2.45, 2.75) is 6.10 Å². The maximum absolute atomic E-state index is 10.5. The number of hydrogen-bond acceptors (Lipinski definition) is 4. The van der Waals surface area contributed by atoms with Crippen LogP contribution in [0.15, 0.2) is 18.2 Å². The van der Waals surface area contributed by atoms with Gasteiger partial charge in [0.05, 0.1) is 0 Å². The van der Waals surface area contributed by atoms with Crippen molar-refractivity contribution < 1.29 is 19.4 Å². The molecule has 0 bridgehead atoms. The number of ether oxygens (including phenoxy) is 2. The van der Waals surface area contributed by atoms with E-state index in [-0.39, 0.29) is 13.2 Å². The number of carbonyl (C=O) groups is 1. The highest BCUT2D eigenvalue weighted by molar-refractivity contribution is 5.76. The molecule has 1 aliphatic rings. The van der Waals surface area contributed by atoms with Crippen LogP contribution in [0, 0.1) is 0 Å². The Bertz CT molecular complexity index is 348. The molecular weight excluding hydrogens is 184 g/mol. The van der Waals surface area contributed by atoms with Crippen molar-refractivity contribution in [3.63, 3.8) is 0 Å². The van der Waals surface area contributed by atoms with Crippen molar-refractivity contribution in [1.82, 2.24) is 0 Å². The Balaban J connectivity index is 2.31. The first-order valence-corrected chi connectivity index (χ1v) is 4.32. The van der Waals surface area contributed by atoms with Gasteiger partial charge in [0.15, 0.2) is 11.5 Å². The number of aliphatic hydroxyl groups is 1. The average molecular weight is 194 g/mol. The van der Waals surface area contributed by atoms with Gasteiger partial charge in [0.2, 0.25) is 0 Å². The molecule has 1 atom stereocenters. The first-order valence-electron chi connectivity index (χ1n) is 4.32. The Kier molecular flexibility index (Phi) is 2.37. The summed E-state index contributed by atoms with van der Waals surface area (Å²) in [7, 11) is 0. The van der Waals surface area contributed by atoms with Crippen molar-refractivity contribution in [3.05, 3.63) is 23.8 Å². The monoisotopic (exact) mass is 194 g/mol. The number of benzene rings is 1. The summed E-state index contributed by atoms with van der Waals surface area (Å²) in [6, 6.07) is 4.91. The van der Waals surface area contributed by atoms with Crippen molar-refractivity contribution >= 4 is 6.29 Å². The fourth-order valence-electron chi connectivity index (χ4n) is 1.25. The number of aldehydes is 1. The van der Waals surface area contributed by atoms with Gasteiger partial charge in [0.25, 0.3) is 0 Å². The highest BCUT2D eigenvalue weighted by atomic mass is 16.5. The lowest BCUT2D eigenvalue weighted by Crippen LogP contribution is -2.21. The lowest BCUT2D eigenvalue weighted by Gasteiger charge is -2.05. The normalized spacial score (nSPS) is 19.9. The van der Waals surface area contributed by atoms with Gasteiger partial charge in [-0.3, -0.25) is 4.79 Å². The van der Waals surface area contributed by atoms with Crippen LogP contribution < -0.4 is 9.47 Å². The van der Waals surface area contributed by atoms with Gasteiger partial charge in [-0.15, -0.1) is 0 Å². The van der Waals surface area contributed by atoms with Gasteiger partial charge < -0.3 is 14.6 Å². The zero-order valence-electron chi connectivity index (χ0n) is 7.47. The van der Waals surface area contributed by atoms with Crippen LogP contribution in [0.3, 0.4) is 0 Å². The number of aliphatic hydroxyl groups excluding tert-OH is 1. The quantitative estimate of drug-likeness (QED) is 0.666. The van der Waals surface area contributed by atoms with Crippen LogP contribution in [0.1, 0.15) is 10.4 Å². The molecule has 0 fully saturated rings. The Labute approximate surface area is 81.1 Å². The van der Waals surface area contributed by atoms with Gasteiger partial charge in [-0.05, 0) is 18.2 Å². The third-order valence-corrected chi connectivity index (χ3v) is 1.97. The molecule has 1 aromatic rings. The zero-order chi connectivity index (χ0) is 9.97. The molecule has 0 unspecified atom stereocenters. The number of fused-ring (bicyclic) bond motifs is 1. The largest absolute Gasteiger partial charge is 0.487 e. The summed E-state index contributed by atoms with van der Waals surface area (Å²) in [5.41, 5.74) is 0.531. The predicted molar refractivity (Wildman–Crippen MR) is 48.8 cm³/mol. The standard InChI is InChI=1S/C10H10O4/c11-4-7-1-2-9-10(3-7)14-6-8(12)5-13-9/h1-4,8,12H,5-6H2/t8-/m1/s1. The van der Waals surface area contributed by atoms with Crippen molar-refractivity contribution in [3.8, 4) is 11.5 Å². The smallest absolute Gasteiger partial charge is 0.162 e. The molecule has 0 aliphatic carbocycles. The van der Waals surface area contributed by atoms with E-state index in [4.69, 9.17) is 9.47 Å². The molecule has 4 nitrogen and oxygen atoms in total. The highest BCUT2D eigenvalue weighted by Gasteiger charge is 2.15. The van der Waals surface area contributed by atoms with E-state index in [0.717, 1.165) is 6.29 Å². The van der Waals surface area contributed by atoms with Gasteiger partial charge in [-0.1, -0.05) is 0 Å². The minimum Gasteiger partial charge on any atom is -0.487 e. The molecule has 0 amide bonds. The lowest BCUT2D eigenvalue weighted by molar-refractivity contribution is 0.0802. The van der Waals surface area contributed by atoms with Crippen LogP contribution in [0.4, 0.5) is 0 Å². The average Bonchev–Trinajstić information content (AvgIpc) is 2.40. The molecule has 2 rings (SSSR count). The van der Waals surface area contributed by atoms with E-state index in [1.807, 2.05) is 0 Å². The maximum atomic E-state index is 10.5. The topological polar surface area (TPSA) is 55.8 Å². The molecule has 0 saturated heterocycles. The van der Waals surface area contributed by atoms with Gasteiger partial charge in [-0.2, -0.15) is 0 Å². The summed E-state index contributed by atoms with van der Waals surface area (Å²) in [5.74, 6) is 1.07. The van der Waals surface area contributed by atoms with E-state index in [0.29, 0.717) is 17.1 Å². The molecule has 0 spiro atoms. The molecule has 0 aromatic heterocycles. The minimum atomic E-state index is -0.623. The number of carbonyl (C=O) groups excluding carboxylic acids is 1. The van der Waals surface area contributed by atoms with Crippen molar-refractivity contribution in [2.75, 3.05) is 13.2 Å². The molecule has 1 N–H and O–H groups in total. The Hall–Kier alpha value is -1.55. The van der Waals surface area contributed by atoms with Crippen LogP contribution in [0.5, 0.6) is 11.5 Å². The summed E-state index contributed by atoms with van der Waals surface area (Å²) < 4.78 is 10.5. The fourth-order valence-corrected chi connectivity index (χ4v) is 1.25. The predicted octanol–water partition coefficient (Wildman–Crippen LogP) is 0.631. The molecule has 74 valence electrons. The van der Waals surface area contributed by atoms with E-state index in [1.165, 1.54) is 0 Å². The lowest BCUT2D eigenvalue weighted by atomic mass is 10.2. The summed E-state index contributed by atoms with van der Waals surface area (Å²) in [4.78, 5) is 10.5. The van der Waals surface area contributed by atoms with E-state index in [9.17, 15) is 9.90 Å². The van der Waals surface area contributed by atoms with Gasteiger partial charge in [0, 0.05) is 5.56 Å². The van der Waals surface area contributed by atoms with Crippen molar-refractivity contribution in [1.29, 1.82) is 0 Å². The Morgan fingerprint density at radius 2 is 2.00 bits per heavy atom. The van der Waals surface area contributed by atoms with Crippen LogP contribution >= 0.6 is 0 Å². The van der Waals surface area contributed by atoms with Gasteiger partial charge >= 0.3 is 0 Å². The summed E-state index contributed by atoms with van der Waals surface area (Å²) >= 11 is 0. The van der Waals surface area contributed by atoms with E-state index < -0.39 is 6.10 Å². The second-order valence-electron chi connectivity index (χ2n) is 3.10. The van der Waals surface area contributed by atoms with E-state index >= 15 is 0 Å². The van der Waals surface area contributed by atoms with Crippen molar-refractivity contribution in [2.24, 2.45) is 0 Å². The van der Waals surface area contributed by atoms with Crippen LogP contribution in [0.25, 0.3) is 0 Å². The van der Waals surface area contributed by atoms with E-state index in [2.05, 4.69) is 0 Å². The summed E-state index contributed by atoms with van der Waals surface area (Å²) in [5, 5.41) is 9.27. The van der Waals surface area contributed by atoms with Crippen LogP contribution in [0.2, 0.25) is 0 Å². The Morgan fingerprint density at radius 3 is 2.71 bits per heavy atom. The van der Waals surface area contributed by atoms with Gasteiger partial charge in [0.1, 0.15) is 25.6 Å². The maximum Gasteiger partial charge on any atom is 0.162 e. The molecule has 0 radical (unpaired) electrons. The third kappa shape index (κ3) is 1.70. The summed E-state index contributed by atoms with van der Waals surface area (Å²) in [6.45, 7) is 0.406. The van der Waals surface area contributed by atoms with Gasteiger partial charge in [-0.25, -0.2) is 0 Å². The molecular formula is C10H10O4.